The number of hydrogen-bond donors (Lipinski definition) is 3. The average Bonchev–Trinajstić information content (AvgIpc) is 3.27. The minimum absolute atomic E-state index is 0.0987. The van der Waals surface area contributed by atoms with Gasteiger partial charge in [-0.05, 0) is 25.7 Å². The van der Waals surface area contributed by atoms with E-state index in [2.05, 4.69) is 27.7 Å². The molecule has 0 fully saturated rings. The Balaban J connectivity index is 5.11. The van der Waals surface area contributed by atoms with E-state index in [1.54, 1.807) is 0 Å². The molecule has 17 nitrogen and oxygen atoms in total. The van der Waals surface area contributed by atoms with E-state index < -0.39 is 97.5 Å². The van der Waals surface area contributed by atoms with Crippen LogP contribution in [0.3, 0.4) is 0 Å². The summed E-state index contributed by atoms with van der Waals surface area (Å²) in [7, 11) is -9.82. The summed E-state index contributed by atoms with van der Waals surface area (Å²) < 4.78 is 66.6. The molecule has 19 heteroatoms. The standard InChI is InChI=1S/C46H88O17P2/c1-5-9-13-17-19-20-21-25-27-31-44(49)57-37-42(63-46(51)33-29-24-18-14-10-6-2)39-61-65(54,55)59-35-40(47)34-58-64(52,53)60-38-41(62-45(50)32-28-23-16-12-8-4)36-56-43(48)30-26-22-15-11-7-3/h40-42,47H,5-39H2,1-4H3,(H,52,53)(H,54,55)/t40-,41-,42-/m1/s1. The van der Waals surface area contributed by atoms with Gasteiger partial charge >= 0.3 is 39.5 Å². The summed E-state index contributed by atoms with van der Waals surface area (Å²) in [5, 5.41) is 10.3. The largest absolute Gasteiger partial charge is 0.472 e. The minimum atomic E-state index is -4.91. The molecule has 0 amide bonds. The number of aliphatic hydroxyl groups excluding tert-OH is 1. The number of phosphoric acid groups is 2. The van der Waals surface area contributed by atoms with Gasteiger partial charge in [0.2, 0.25) is 0 Å². The summed E-state index contributed by atoms with van der Waals surface area (Å²) in [5.74, 6) is -2.19. The van der Waals surface area contributed by atoms with Crippen LogP contribution in [0.1, 0.15) is 214 Å². The van der Waals surface area contributed by atoms with Gasteiger partial charge in [-0.1, -0.05) is 163 Å². The lowest BCUT2D eigenvalue weighted by molar-refractivity contribution is -0.161. The first kappa shape index (κ1) is 63.1. The maximum Gasteiger partial charge on any atom is 0.472 e. The van der Waals surface area contributed by atoms with Crippen LogP contribution in [-0.4, -0.2) is 96.7 Å². The number of hydrogen-bond acceptors (Lipinski definition) is 15. The molecule has 0 radical (unpaired) electrons. The SMILES string of the molecule is CCCCCCCCCCCC(=O)OC[C@H](COP(=O)(O)OC[C@H](O)COP(=O)(O)OC[C@@H](COC(=O)CCCCCCC)OC(=O)CCCCCCC)OC(=O)CCCCCCCC. The molecular formula is C46H88O17P2. The van der Waals surface area contributed by atoms with Gasteiger partial charge in [0.05, 0.1) is 26.4 Å². The van der Waals surface area contributed by atoms with Crippen molar-refractivity contribution in [1.82, 2.24) is 0 Å². The zero-order valence-electron chi connectivity index (χ0n) is 40.4. The summed E-state index contributed by atoms with van der Waals surface area (Å²) in [6, 6.07) is 0. The fraction of sp³-hybridized carbons (Fsp3) is 0.913. The second-order valence-corrected chi connectivity index (χ2v) is 19.7. The van der Waals surface area contributed by atoms with Crippen molar-refractivity contribution in [2.24, 2.45) is 0 Å². The van der Waals surface area contributed by atoms with Crippen molar-refractivity contribution in [3.63, 3.8) is 0 Å². The normalized spacial score (nSPS) is 14.8. The average molecular weight is 975 g/mol. The molecule has 0 aromatic heterocycles. The van der Waals surface area contributed by atoms with Crippen molar-refractivity contribution >= 4 is 39.5 Å². The molecule has 0 aliphatic carbocycles. The van der Waals surface area contributed by atoms with E-state index >= 15 is 0 Å². The number of aliphatic hydroxyl groups is 1. The van der Waals surface area contributed by atoms with Crippen molar-refractivity contribution in [2.75, 3.05) is 39.6 Å². The highest BCUT2D eigenvalue weighted by molar-refractivity contribution is 7.47. The Kier molecular flexibility index (Phi) is 40.9. The predicted molar refractivity (Wildman–Crippen MR) is 248 cm³/mol. The molecule has 0 rings (SSSR count). The monoisotopic (exact) mass is 975 g/mol. The van der Waals surface area contributed by atoms with Crippen molar-refractivity contribution in [1.29, 1.82) is 0 Å². The van der Waals surface area contributed by atoms with Gasteiger partial charge in [0, 0.05) is 25.7 Å². The Morgan fingerprint density at radius 1 is 0.369 bits per heavy atom. The van der Waals surface area contributed by atoms with Crippen LogP contribution in [0, 0.1) is 0 Å². The molecule has 0 spiro atoms. The third kappa shape index (κ3) is 41.9. The van der Waals surface area contributed by atoms with Crippen molar-refractivity contribution in [3.05, 3.63) is 0 Å². The van der Waals surface area contributed by atoms with Crippen LogP contribution in [0.15, 0.2) is 0 Å². The molecule has 0 saturated heterocycles. The fourth-order valence-corrected chi connectivity index (χ4v) is 8.03. The van der Waals surface area contributed by atoms with Crippen LogP contribution in [0.5, 0.6) is 0 Å². The van der Waals surface area contributed by atoms with Crippen LogP contribution in [0.25, 0.3) is 0 Å². The first-order chi connectivity index (χ1) is 31.2. The first-order valence-corrected chi connectivity index (χ1v) is 27.8. The van der Waals surface area contributed by atoms with E-state index in [-0.39, 0.29) is 25.7 Å². The van der Waals surface area contributed by atoms with Gasteiger partial charge in [-0.2, -0.15) is 0 Å². The summed E-state index contributed by atoms with van der Waals surface area (Å²) in [5.41, 5.74) is 0. The highest BCUT2D eigenvalue weighted by Gasteiger charge is 2.30. The third-order valence-corrected chi connectivity index (χ3v) is 12.3. The van der Waals surface area contributed by atoms with E-state index in [1.807, 2.05) is 0 Å². The van der Waals surface area contributed by atoms with Crippen LogP contribution < -0.4 is 0 Å². The molecule has 65 heavy (non-hydrogen) atoms. The predicted octanol–water partition coefficient (Wildman–Crippen LogP) is 10.9. The first-order valence-electron chi connectivity index (χ1n) is 24.8. The summed E-state index contributed by atoms with van der Waals surface area (Å²) in [6.07, 6.45) is 20.8. The molecule has 0 aromatic rings. The van der Waals surface area contributed by atoms with Gasteiger partial charge in [-0.15, -0.1) is 0 Å². The van der Waals surface area contributed by atoms with Crippen LogP contribution in [0.4, 0.5) is 0 Å². The van der Waals surface area contributed by atoms with E-state index in [9.17, 15) is 43.2 Å². The number of carbonyl (C=O) groups excluding carboxylic acids is 4. The Hall–Kier alpha value is -1.94. The van der Waals surface area contributed by atoms with Gasteiger partial charge in [-0.25, -0.2) is 9.13 Å². The molecule has 0 saturated carbocycles. The number of rotatable bonds is 47. The molecule has 0 aliphatic rings. The van der Waals surface area contributed by atoms with Crippen LogP contribution >= 0.6 is 15.6 Å². The topological polar surface area (TPSA) is 237 Å². The molecule has 5 atom stereocenters. The van der Waals surface area contributed by atoms with Gasteiger partial charge in [0.15, 0.2) is 12.2 Å². The van der Waals surface area contributed by atoms with Crippen LogP contribution in [-0.2, 0) is 65.4 Å². The summed E-state index contributed by atoms with van der Waals surface area (Å²) >= 11 is 0. The Bertz CT molecular complexity index is 1300. The molecule has 2 unspecified atom stereocenters. The van der Waals surface area contributed by atoms with Gasteiger partial charge in [-0.3, -0.25) is 37.3 Å². The molecule has 384 valence electrons. The molecule has 0 aromatic carbocycles. The van der Waals surface area contributed by atoms with Crippen molar-refractivity contribution < 1.29 is 80.2 Å². The van der Waals surface area contributed by atoms with Gasteiger partial charge in [0.1, 0.15) is 19.3 Å². The molecule has 0 heterocycles. The highest BCUT2D eigenvalue weighted by atomic mass is 31.2. The van der Waals surface area contributed by atoms with Crippen LogP contribution in [0.2, 0.25) is 0 Å². The maximum atomic E-state index is 12.7. The van der Waals surface area contributed by atoms with Crippen molar-refractivity contribution in [2.45, 2.75) is 232 Å². The Morgan fingerprint density at radius 2 is 0.615 bits per heavy atom. The zero-order valence-corrected chi connectivity index (χ0v) is 42.2. The van der Waals surface area contributed by atoms with E-state index in [0.29, 0.717) is 25.7 Å². The summed E-state index contributed by atoms with van der Waals surface area (Å²) in [6.45, 7) is 4.48. The Labute approximate surface area is 390 Å². The second kappa shape index (κ2) is 42.2. The number of esters is 4. The fourth-order valence-electron chi connectivity index (χ4n) is 6.45. The third-order valence-electron chi connectivity index (χ3n) is 10.4. The lowest BCUT2D eigenvalue weighted by atomic mass is 10.1. The van der Waals surface area contributed by atoms with Gasteiger partial charge in [0.25, 0.3) is 0 Å². The second-order valence-electron chi connectivity index (χ2n) is 16.8. The van der Waals surface area contributed by atoms with E-state index in [0.717, 1.165) is 103 Å². The summed E-state index contributed by atoms with van der Waals surface area (Å²) in [4.78, 5) is 70.6. The minimum Gasteiger partial charge on any atom is -0.462 e. The molecule has 0 bridgehead atoms. The van der Waals surface area contributed by atoms with Gasteiger partial charge < -0.3 is 33.8 Å². The number of ether oxygens (including phenoxy) is 4. The highest BCUT2D eigenvalue weighted by Crippen LogP contribution is 2.45. The molecule has 0 aliphatic heterocycles. The molecule has 3 N–H and O–H groups in total. The number of phosphoric ester groups is 2. The van der Waals surface area contributed by atoms with E-state index in [4.69, 9.17) is 37.0 Å². The number of unbranched alkanes of at least 4 members (excludes halogenated alkanes) is 21. The lowest BCUT2D eigenvalue weighted by Gasteiger charge is -2.21. The van der Waals surface area contributed by atoms with E-state index in [1.165, 1.54) is 32.1 Å². The number of carbonyl (C=O) groups is 4. The lowest BCUT2D eigenvalue weighted by Crippen LogP contribution is -2.30. The quantitative estimate of drug-likeness (QED) is 0.0222. The van der Waals surface area contributed by atoms with Crippen molar-refractivity contribution in [3.8, 4) is 0 Å². The Morgan fingerprint density at radius 3 is 0.908 bits per heavy atom. The smallest absolute Gasteiger partial charge is 0.462 e. The molecular weight excluding hydrogens is 886 g/mol. The maximum absolute atomic E-state index is 12.7. The zero-order chi connectivity index (χ0) is 48.4.